The van der Waals surface area contributed by atoms with Crippen molar-refractivity contribution < 1.29 is 0 Å². The largest absolute Gasteiger partial charge is 0.387 e. The van der Waals surface area contributed by atoms with E-state index in [1.54, 1.807) is 0 Å². The van der Waals surface area contributed by atoms with Crippen molar-refractivity contribution in [2.45, 2.75) is 71.6 Å². The Labute approximate surface area is 108 Å². The third-order valence-electron chi connectivity index (χ3n) is 2.93. The van der Waals surface area contributed by atoms with Crippen LogP contribution < -0.4 is 5.32 Å². The summed E-state index contributed by atoms with van der Waals surface area (Å²) in [5.74, 6) is 0. The maximum atomic E-state index is 3.85. The van der Waals surface area contributed by atoms with Gasteiger partial charge in [0.05, 0.1) is 0 Å². The van der Waals surface area contributed by atoms with Gasteiger partial charge < -0.3 is 5.32 Å². The molecule has 0 spiro atoms. The Bertz CT molecular complexity index is 197. The predicted molar refractivity (Wildman–Crippen MR) is 78.5 cm³/mol. The molecule has 0 rings (SSSR count). The Kier molecular flexibility index (Phi) is 12.7. The number of rotatable bonds is 12. The van der Waals surface area contributed by atoms with E-state index in [-0.39, 0.29) is 0 Å². The molecule has 0 atom stereocenters. The van der Waals surface area contributed by atoms with Gasteiger partial charge in [-0.2, -0.15) is 0 Å². The van der Waals surface area contributed by atoms with Crippen LogP contribution in [-0.2, 0) is 0 Å². The van der Waals surface area contributed by atoms with Gasteiger partial charge in [0.2, 0.25) is 0 Å². The molecule has 0 aromatic rings. The summed E-state index contributed by atoms with van der Waals surface area (Å²) in [5.41, 5.74) is 1.25. The van der Waals surface area contributed by atoms with Gasteiger partial charge in [-0.25, -0.2) is 0 Å². The number of nitrogens with one attached hydrogen (secondary N) is 1. The lowest BCUT2D eigenvalue weighted by Crippen LogP contribution is -2.14. The Hall–Kier alpha value is -0.790. The highest BCUT2D eigenvalue weighted by molar-refractivity contribution is 5.26. The van der Waals surface area contributed by atoms with Gasteiger partial charge >= 0.3 is 0 Å². The van der Waals surface area contributed by atoms with Gasteiger partial charge in [-0.05, 0) is 26.0 Å². The van der Waals surface area contributed by atoms with Crippen LogP contribution in [0.2, 0.25) is 0 Å². The summed E-state index contributed by atoms with van der Waals surface area (Å²) in [5, 5.41) is 3.47. The van der Waals surface area contributed by atoms with Crippen LogP contribution in [0.3, 0.4) is 0 Å². The summed E-state index contributed by atoms with van der Waals surface area (Å²) in [6.45, 7) is 9.07. The first-order valence-electron chi connectivity index (χ1n) is 7.23. The molecule has 0 fully saturated rings. The van der Waals surface area contributed by atoms with E-state index in [1.165, 1.54) is 57.1 Å². The molecule has 0 aliphatic rings. The predicted octanol–water partition coefficient (Wildman–Crippen LogP) is 4.67. The standard InChI is InChI=1S/C15H30N2/c1-4-6-8-9-10-11-13-17-15(14-16-3)12-7-5-2/h14,17H,3-13H2,1-2H3/b15-14-. The molecule has 0 heterocycles. The van der Waals surface area contributed by atoms with E-state index in [0.29, 0.717) is 0 Å². The average Bonchev–Trinajstić information content (AvgIpc) is 2.34. The van der Waals surface area contributed by atoms with Crippen LogP contribution in [0, 0.1) is 0 Å². The van der Waals surface area contributed by atoms with Gasteiger partial charge in [-0.3, -0.25) is 4.99 Å². The maximum Gasteiger partial charge on any atom is 0.0450 e. The number of hydrogen-bond acceptors (Lipinski definition) is 2. The highest BCUT2D eigenvalue weighted by atomic mass is 14.9. The zero-order valence-corrected chi connectivity index (χ0v) is 11.8. The molecule has 0 aromatic heterocycles. The summed E-state index contributed by atoms with van der Waals surface area (Å²) >= 11 is 0. The summed E-state index contributed by atoms with van der Waals surface area (Å²) in [6.07, 6.45) is 13.5. The highest BCUT2D eigenvalue weighted by Gasteiger charge is 1.96. The molecule has 0 aliphatic carbocycles. The Balaban J connectivity index is 3.47. The van der Waals surface area contributed by atoms with Crippen LogP contribution in [0.4, 0.5) is 0 Å². The molecule has 0 amide bonds. The number of allylic oxidation sites excluding steroid dienone is 1. The minimum atomic E-state index is 1.08. The van der Waals surface area contributed by atoms with Crippen molar-refractivity contribution in [2.24, 2.45) is 4.99 Å². The first-order valence-corrected chi connectivity index (χ1v) is 7.23. The topological polar surface area (TPSA) is 24.4 Å². The summed E-state index contributed by atoms with van der Waals surface area (Å²) in [6, 6.07) is 0. The third kappa shape index (κ3) is 11.5. The zero-order valence-electron chi connectivity index (χ0n) is 11.8. The quantitative estimate of drug-likeness (QED) is 0.388. The van der Waals surface area contributed by atoms with E-state index in [9.17, 15) is 0 Å². The summed E-state index contributed by atoms with van der Waals surface area (Å²) < 4.78 is 0. The fourth-order valence-electron chi connectivity index (χ4n) is 1.83. The second kappa shape index (κ2) is 13.3. The van der Waals surface area contributed by atoms with E-state index in [4.69, 9.17) is 0 Å². The van der Waals surface area contributed by atoms with Crippen LogP contribution in [-0.4, -0.2) is 13.3 Å². The second-order valence-electron chi connectivity index (χ2n) is 4.64. The van der Waals surface area contributed by atoms with Gasteiger partial charge in [-0.15, -0.1) is 0 Å². The smallest absolute Gasteiger partial charge is 0.0450 e. The fraction of sp³-hybridized carbons (Fsp3) is 0.800. The molecule has 0 aliphatic heterocycles. The SMILES string of the molecule is C=N/C=C(/CCCC)NCCCCCCCC. The van der Waals surface area contributed by atoms with Gasteiger partial charge in [-0.1, -0.05) is 52.4 Å². The molecule has 2 heteroatoms. The van der Waals surface area contributed by atoms with Crippen molar-refractivity contribution in [2.75, 3.05) is 6.54 Å². The van der Waals surface area contributed by atoms with Crippen molar-refractivity contribution >= 4 is 6.72 Å². The fourth-order valence-corrected chi connectivity index (χ4v) is 1.83. The first kappa shape index (κ1) is 16.2. The van der Waals surface area contributed by atoms with Gasteiger partial charge in [0.15, 0.2) is 0 Å². The number of aliphatic imine (C=N–C) groups is 1. The summed E-state index contributed by atoms with van der Waals surface area (Å²) in [4.78, 5) is 3.85. The van der Waals surface area contributed by atoms with E-state index in [1.807, 2.05) is 6.20 Å². The molecule has 0 bridgehead atoms. The molecule has 0 aromatic carbocycles. The normalized spacial score (nSPS) is 11.5. The van der Waals surface area contributed by atoms with Crippen molar-refractivity contribution in [3.63, 3.8) is 0 Å². The van der Waals surface area contributed by atoms with Crippen LogP contribution in [0.25, 0.3) is 0 Å². The third-order valence-corrected chi connectivity index (χ3v) is 2.93. The van der Waals surface area contributed by atoms with Crippen molar-refractivity contribution in [1.29, 1.82) is 0 Å². The van der Waals surface area contributed by atoms with Crippen molar-refractivity contribution in [3.05, 3.63) is 11.9 Å². The number of unbranched alkanes of at least 4 members (excludes halogenated alkanes) is 6. The van der Waals surface area contributed by atoms with Crippen LogP contribution >= 0.6 is 0 Å². The summed E-state index contributed by atoms with van der Waals surface area (Å²) in [7, 11) is 0. The van der Waals surface area contributed by atoms with Crippen LogP contribution in [0.15, 0.2) is 16.9 Å². The molecular formula is C15H30N2. The lowest BCUT2D eigenvalue weighted by atomic mass is 10.1. The number of nitrogens with zero attached hydrogens (tertiary/aromatic N) is 1. The average molecular weight is 238 g/mol. The molecule has 1 N–H and O–H groups in total. The van der Waals surface area contributed by atoms with Crippen LogP contribution in [0.1, 0.15) is 71.6 Å². The molecule has 0 unspecified atom stereocenters. The molecule has 100 valence electrons. The first-order chi connectivity index (χ1) is 8.35. The Morgan fingerprint density at radius 2 is 1.65 bits per heavy atom. The van der Waals surface area contributed by atoms with Crippen molar-refractivity contribution in [1.82, 2.24) is 5.32 Å². The molecule has 0 saturated carbocycles. The second-order valence-corrected chi connectivity index (χ2v) is 4.64. The molecular weight excluding hydrogens is 208 g/mol. The Morgan fingerprint density at radius 3 is 2.29 bits per heavy atom. The van der Waals surface area contributed by atoms with E-state index in [0.717, 1.165) is 13.0 Å². The monoisotopic (exact) mass is 238 g/mol. The molecule has 0 saturated heterocycles. The minimum Gasteiger partial charge on any atom is -0.387 e. The van der Waals surface area contributed by atoms with E-state index < -0.39 is 0 Å². The van der Waals surface area contributed by atoms with Gasteiger partial charge in [0.1, 0.15) is 0 Å². The highest BCUT2D eigenvalue weighted by Crippen LogP contribution is 2.07. The molecule has 17 heavy (non-hydrogen) atoms. The lowest BCUT2D eigenvalue weighted by Gasteiger charge is -2.09. The minimum absolute atomic E-state index is 1.08. The van der Waals surface area contributed by atoms with Gasteiger partial charge in [0, 0.05) is 18.4 Å². The van der Waals surface area contributed by atoms with E-state index in [2.05, 4.69) is 30.9 Å². The molecule has 2 nitrogen and oxygen atoms in total. The lowest BCUT2D eigenvalue weighted by molar-refractivity contribution is 0.585. The zero-order chi connectivity index (χ0) is 12.8. The van der Waals surface area contributed by atoms with Gasteiger partial charge in [0.25, 0.3) is 0 Å². The van der Waals surface area contributed by atoms with Crippen LogP contribution in [0.5, 0.6) is 0 Å². The van der Waals surface area contributed by atoms with Crippen molar-refractivity contribution in [3.8, 4) is 0 Å². The maximum absolute atomic E-state index is 3.85. The van der Waals surface area contributed by atoms with E-state index >= 15 is 0 Å². The molecule has 0 radical (unpaired) electrons. The Morgan fingerprint density at radius 1 is 1.00 bits per heavy atom. The number of hydrogen-bond donors (Lipinski definition) is 1.